The largest absolute Gasteiger partial charge is 0.508 e. The van der Waals surface area contributed by atoms with E-state index in [0.717, 1.165) is 5.56 Å². The smallest absolute Gasteiger partial charge is 0.325 e. The lowest BCUT2D eigenvalue weighted by Gasteiger charge is -2.20. The molecule has 4 amide bonds. The van der Waals surface area contributed by atoms with Crippen molar-refractivity contribution in [2.75, 3.05) is 19.7 Å². The molecule has 0 aliphatic carbocycles. The van der Waals surface area contributed by atoms with Gasteiger partial charge in [0.05, 0.1) is 13.2 Å². The molecule has 1 aromatic rings. The minimum absolute atomic E-state index is 0.0747. The van der Waals surface area contributed by atoms with Crippen LogP contribution in [0.3, 0.4) is 0 Å². The van der Waals surface area contributed by atoms with Gasteiger partial charge in [0.25, 0.3) is 5.91 Å². The molecule has 1 aromatic carbocycles. The van der Waals surface area contributed by atoms with Gasteiger partial charge in [-0.3, -0.25) is 24.0 Å². The van der Waals surface area contributed by atoms with E-state index in [9.17, 15) is 29.1 Å². The molecule has 0 saturated carbocycles. The van der Waals surface area contributed by atoms with Crippen molar-refractivity contribution in [3.63, 3.8) is 0 Å². The summed E-state index contributed by atoms with van der Waals surface area (Å²) in [5, 5.41) is 19.3. The Bertz CT molecular complexity index is 905. The number of rotatable bonds is 14. The molecule has 8 N–H and O–H groups in total. The third-order valence-corrected chi connectivity index (χ3v) is 5.04. The zero-order valence-corrected chi connectivity index (χ0v) is 21.3. The van der Waals surface area contributed by atoms with Crippen molar-refractivity contribution in [3.8, 4) is 5.75 Å². The normalized spacial score (nSPS) is 13.2. The van der Waals surface area contributed by atoms with Crippen molar-refractivity contribution < 1.29 is 39.5 Å². The minimum atomic E-state index is -0.922. The summed E-state index contributed by atoms with van der Waals surface area (Å²) < 4.78 is 4.77. The summed E-state index contributed by atoms with van der Waals surface area (Å²) in [4.78, 5) is 61.0. The van der Waals surface area contributed by atoms with Crippen LogP contribution >= 0.6 is 0 Å². The zero-order chi connectivity index (χ0) is 27.3. The van der Waals surface area contributed by atoms with Gasteiger partial charge >= 0.3 is 5.97 Å². The Hall–Kier alpha value is -3.67. The predicted molar refractivity (Wildman–Crippen MR) is 130 cm³/mol. The highest BCUT2D eigenvalue weighted by atomic mass is 16.5. The van der Waals surface area contributed by atoms with E-state index >= 15 is 0 Å². The average Bonchev–Trinajstić information content (AvgIpc) is 2.81. The van der Waals surface area contributed by atoms with E-state index in [2.05, 4.69) is 27.0 Å². The monoisotopic (exact) mass is 508 g/mol. The van der Waals surface area contributed by atoms with Crippen molar-refractivity contribution in [3.05, 3.63) is 29.8 Å². The van der Waals surface area contributed by atoms with E-state index in [4.69, 9.17) is 4.74 Å². The first-order valence-electron chi connectivity index (χ1n) is 11.8. The summed E-state index contributed by atoms with van der Waals surface area (Å²) in [6, 6.07) is 3.89. The second-order valence-electron chi connectivity index (χ2n) is 8.79. The number of benzene rings is 1. The van der Waals surface area contributed by atoms with Gasteiger partial charge in [-0.1, -0.05) is 26.0 Å². The summed E-state index contributed by atoms with van der Waals surface area (Å²) in [6.45, 7) is 6.35. The molecule has 0 aromatic heterocycles. The molecule has 12 heteroatoms. The Morgan fingerprint density at radius 1 is 0.917 bits per heavy atom. The number of phenols is 1. The van der Waals surface area contributed by atoms with Gasteiger partial charge in [-0.25, -0.2) is 0 Å². The van der Waals surface area contributed by atoms with Gasteiger partial charge in [-0.15, -0.1) is 0 Å². The Morgan fingerprint density at radius 3 is 2.11 bits per heavy atom. The topological polar surface area (TPSA) is 191 Å². The summed E-state index contributed by atoms with van der Waals surface area (Å²) in [6.07, 6.45) is 0.644. The molecule has 0 spiro atoms. The van der Waals surface area contributed by atoms with Gasteiger partial charge in [0.15, 0.2) is 6.04 Å². The lowest BCUT2D eigenvalue weighted by molar-refractivity contribution is -0.403. The summed E-state index contributed by atoms with van der Waals surface area (Å²) >= 11 is 0. The number of hydrogen-bond donors (Lipinski definition) is 6. The molecule has 36 heavy (non-hydrogen) atoms. The number of phenolic OH excluding ortho intramolecular Hbond substituents is 1. The predicted octanol–water partition coefficient (Wildman–Crippen LogP) is -1.62. The van der Waals surface area contributed by atoms with Crippen LogP contribution in [-0.2, 0) is 35.1 Å². The molecular formula is C24H38N5O7+. The second-order valence-corrected chi connectivity index (χ2v) is 8.79. The fourth-order valence-corrected chi connectivity index (χ4v) is 3.17. The summed E-state index contributed by atoms with van der Waals surface area (Å²) in [7, 11) is 0. The second kappa shape index (κ2) is 15.4. The van der Waals surface area contributed by atoms with E-state index in [1.54, 1.807) is 19.1 Å². The van der Waals surface area contributed by atoms with Crippen LogP contribution in [0, 0.1) is 5.92 Å². The fourth-order valence-electron chi connectivity index (χ4n) is 3.17. The van der Waals surface area contributed by atoms with Crippen LogP contribution in [0.1, 0.15) is 39.7 Å². The minimum Gasteiger partial charge on any atom is -0.508 e. The Labute approximate surface area is 210 Å². The molecule has 3 atom stereocenters. The SMILES string of the molecule is CCOC(=O)CNC(=O)C(CC(C)C)NC(=O)CNC(=O)C(C)NC(=O)C([NH3+])Cc1ccc(O)cc1. The molecule has 0 radical (unpaired) electrons. The maximum Gasteiger partial charge on any atom is 0.325 e. The summed E-state index contributed by atoms with van der Waals surface area (Å²) in [5.41, 5.74) is 4.62. The third-order valence-electron chi connectivity index (χ3n) is 5.04. The molecule has 0 aliphatic heterocycles. The molecule has 0 bridgehead atoms. The standard InChI is InChI=1S/C24H37N5O7/c1-5-36-21(32)13-27-24(35)19(10-14(2)3)29-20(31)12-26-22(33)15(4)28-23(34)18(25)11-16-6-8-17(30)9-7-16/h6-9,14-15,18-19,30H,5,10-13,25H2,1-4H3,(H,26,33)(H,27,35)(H,28,34)(H,29,31)/p+1. The lowest BCUT2D eigenvalue weighted by Crippen LogP contribution is -2.69. The van der Waals surface area contributed by atoms with Crippen LogP contribution in [0.25, 0.3) is 0 Å². The first-order valence-corrected chi connectivity index (χ1v) is 11.8. The van der Waals surface area contributed by atoms with Crippen LogP contribution in [-0.4, -0.2) is 72.5 Å². The van der Waals surface area contributed by atoms with Crippen LogP contribution in [0.15, 0.2) is 24.3 Å². The van der Waals surface area contributed by atoms with Crippen molar-refractivity contribution in [2.45, 2.75) is 58.7 Å². The number of esters is 1. The van der Waals surface area contributed by atoms with Gasteiger partial charge in [0, 0.05) is 6.42 Å². The van der Waals surface area contributed by atoms with E-state index in [-0.39, 0.29) is 24.8 Å². The Balaban J connectivity index is 2.52. The molecule has 200 valence electrons. The number of aromatic hydroxyl groups is 1. The van der Waals surface area contributed by atoms with E-state index in [0.29, 0.717) is 12.8 Å². The maximum atomic E-state index is 12.4. The molecule has 1 rings (SSSR count). The van der Waals surface area contributed by atoms with Crippen LogP contribution in [0.2, 0.25) is 0 Å². The Kier molecular flexibility index (Phi) is 12.9. The van der Waals surface area contributed by atoms with Crippen molar-refractivity contribution in [1.29, 1.82) is 0 Å². The van der Waals surface area contributed by atoms with Gasteiger partial charge in [0.2, 0.25) is 17.7 Å². The van der Waals surface area contributed by atoms with Crippen LogP contribution < -0.4 is 27.0 Å². The number of nitrogens with one attached hydrogen (secondary N) is 4. The first-order chi connectivity index (χ1) is 16.9. The quantitative estimate of drug-likeness (QED) is 0.163. The highest BCUT2D eigenvalue weighted by Crippen LogP contribution is 2.10. The number of carbonyl (C=O) groups is 5. The maximum absolute atomic E-state index is 12.4. The average molecular weight is 509 g/mol. The van der Waals surface area contributed by atoms with E-state index in [1.807, 2.05) is 13.8 Å². The van der Waals surface area contributed by atoms with Gasteiger partial charge < -0.3 is 36.8 Å². The van der Waals surface area contributed by atoms with Crippen LogP contribution in [0.5, 0.6) is 5.75 Å². The molecule has 0 aliphatic rings. The third kappa shape index (κ3) is 11.6. The molecule has 0 fully saturated rings. The van der Waals surface area contributed by atoms with Crippen molar-refractivity contribution in [2.24, 2.45) is 5.92 Å². The molecular weight excluding hydrogens is 470 g/mol. The van der Waals surface area contributed by atoms with Gasteiger partial charge in [0.1, 0.15) is 24.4 Å². The number of quaternary nitrogens is 1. The van der Waals surface area contributed by atoms with Gasteiger partial charge in [-0.2, -0.15) is 0 Å². The van der Waals surface area contributed by atoms with Crippen molar-refractivity contribution in [1.82, 2.24) is 21.3 Å². The molecule has 12 nitrogen and oxygen atoms in total. The van der Waals surface area contributed by atoms with Crippen molar-refractivity contribution >= 4 is 29.6 Å². The zero-order valence-electron chi connectivity index (χ0n) is 21.3. The number of carbonyl (C=O) groups excluding carboxylic acids is 5. The molecule has 0 heterocycles. The van der Waals surface area contributed by atoms with E-state index < -0.39 is 54.3 Å². The molecule has 3 unspecified atom stereocenters. The molecule has 0 saturated heterocycles. The lowest BCUT2D eigenvalue weighted by atomic mass is 10.0. The van der Waals surface area contributed by atoms with Gasteiger partial charge in [-0.05, 0) is 43.9 Å². The first kappa shape index (κ1) is 30.4. The fraction of sp³-hybridized carbons (Fsp3) is 0.542. The van der Waals surface area contributed by atoms with Crippen LogP contribution in [0.4, 0.5) is 0 Å². The number of hydrogen-bond acceptors (Lipinski definition) is 7. The number of ether oxygens (including phenoxy) is 1. The highest BCUT2D eigenvalue weighted by Gasteiger charge is 2.25. The highest BCUT2D eigenvalue weighted by molar-refractivity contribution is 5.93. The number of amides is 4. The van der Waals surface area contributed by atoms with E-state index in [1.165, 1.54) is 19.1 Å². The Morgan fingerprint density at radius 2 is 1.53 bits per heavy atom. The summed E-state index contributed by atoms with van der Waals surface area (Å²) in [5.74, 6) is -2.55.